The minimum Gasteiger partial charge on any atom is -0.462 e. The van der Waals surface area contributed by atoms with E-state index in [2.05, 4.69) is 11.3 Å². The molecule has 1 aliphatic rings. The number of carbonyl (C=O) groups is 1. The van der Waals surface area contributed by atoms with Crippen LogP contribution in [0.3, 0.4) is 0 Å². The highest BCUT2D eigenvalue weighted by molar-refractivity contribution is 5.89. The maximum absolute atomic E-state index is 12.1. The van der Waals surface area contributed by atoms with Crippen molar-refractivity contribution in [2.24, 2.45) is 17.6 Å². The summed E-state index contributed by atoms with van der Waals surface area (Å²) in [5.41, 5.74) is 4.09. The van der Waals surface area contributed by atoms with Crippen molar-refractivity contribution in [3.63, 3.8) is 0 Å². The monoisotopic (exact) mass is 265 g/mol. The molecule has 0 saturated heterocycles. The van der Waals surface area contributed by atoms with Gasteiger partial charge in [0.25, 0.3) is 0 Å². The summed E-state index contributed by atoms with van der Waals surface area (Å²) in [6.45, 7) is 3.37. The number of rotatable bonds is 4. The molecular formula is C12H18F3NO2. The van der Waals surface area contributed by atoms with Crippen LogP contribution in [0.5, 0.6) is 0 Å². The molecule has 2 N–H and O–H groups in total. The third-order valence-electron chi connectivity index (χ3n) is 3.34. The summed E-state index contributed by atoms with van der Waals surface area (Å²) >= 11 is 0. The quantitative estimate of drug-likeness (QED) is 0.627. The zero-order valence-corrected chi connectivity index (χ0v) is 10.1. The van der Waals surface area contributed by atoms with Crippen molar-refractivity contribution >= 4 is 5.97 Å². The van der Waals surface area contributed by atoms with Gasteiger partial charge in [-0.1, -0.05) is 6.58 Å². The van der Waals surface area contributed by atoms with Gasteiger partial charge in [-0.25, -0.2) is 4.79 Å². The van der Waals surface area contributed by atoms with Gasteiger partial charge in [0.1, 0.15) is 5.57 Å². The third kappa shape index (κ3) is 4.33. The van der Waals surface area contributed by atoms with Gasteiger partial charge in [0.05, 0.1) is 6.61 Å². The van der Waals surface area contributed by atoms with E-state index in [0.717, 1.165) is 25.7 Å². The smallest absolute Gasteiger partial charge is 0.422 e. The maximum Gasteiger partial charge on any atom is 0.422 e. The molecule has 0 bridgehead atoms. The van der Waals surface area contributed by atoms with E-state index in [0.29, 0.717) is 12.5 Å². The predicted molar refractivity (Wildman–Crippen MR) is 60.7 cm³/mol. The first-order valence-electron chi connectivity index (χ1n) is 5.98. The average molecular weight is 265 g/mol. The Morgan fingerprint density at radius 2 is 1.72 bits per heavy atom. The first kappa shape index (κ1) is 15.0. The average Bonchev–Trinajstić information content (AvgIpc) is 2.34. The topological polar surface area (TPSA) is 52.3 Å². The van der Waals surface area contributed by atoms with Crippen LogP contribution in [0.25, 0.3) is 0 Å². The fraction of sp³-hybridized carbons (Fsp3) is 0.750. The lowest BCUT2D eigenvalue weighted by atomic mass is 9.82. The molecular weight excluding hydrogens is 247 g/mol. The molecule has 104 valence electrons. The van der Waals surface area contributed by atoms with Gasteiger partial charge in [0.15, 0.2) is 0 Å². The molecule has 1 saturated carbocycles. The molecule has 0 spiro atoms. The number of nitrogens with two attached hydrogens (primary N) is 1. The fourth-order valence-corrected chi connectivity index (χ4v) is 2.03. The summed E-state index contributed by atoms with van der Waals surface area (Å²) in [5, 5.41) is 0. The molecule has 0 aromatic heterocycles. The zero-order valence-electron chi connectivity index (χ0n) is 10.1. The van der Waals surface area contributed by atoms with Crippen LogP contribution in [0.1, 0.15) is 25.7 Å². The molecule has 0 amide bonds. The van der Waals surface area contributed by atoms with Crippen molar-refractivity contribution < 1.29 is 22.7 Å². The number of alkyl halides is 3. The minimum absolute atomic E-state index is 0.0330. The molecule has 0 aliphatic heterocycles. The Morgan fingerprint density at radius 3 is 2.17 bits per heavy atom. The summed E-state index contributed by atoms with van der Waals surface area (Å²) in [6.07, 6.45) is -1.15. The Balaban J connectivity index is 2.30. The van der Waals surface area contributed by atoms with Crippen molar-refractivity contribution in [3.8, 4) is 0 Å². The number of esters is 1. The molecule has 0 atom stereocenters. The van der Waals surface area contributed by atoms with E-state index in [4.69, 9.17) is 5.73 Å². The van der Waals surface area contributed by atoms with E-state index in [1.165, 1.54) is 0 Å². The van der Waals surface area contributed by atoms with Crippen LogP contribution in [-0.2, 0) is 9.53 Å². The first-order valence-corrected chi connectivity index (χ1v) is 5.98. The highest BCUT2D eigenvalue weighted by Crippen LogP contribution is 2.29. The Kier molecular flexibility index (Phi) is 5.19. The molecule has 0 unspecified atom stereocenters. The minimum atomic E-state index is -4.71. The van der Waals surface area contributed by atoms with Crippen LogP contribution >= 0.6 is 0 Å². The van der Waals surface area contributed by atoms with Gasteiger partial charge >= 0.3 is 12.1 Å². The predicted octanol–water partition coefficient (Wildman–Crippen LogP) is 2.41. The number of hydrogen-bond donors (Lipinski definition) is 1. The molecule has 0 aromatic rings. The van der Waals surface area contributed by atoms with Crippen molar-refractivity contribution in [3.05, 3.63) is 12.2 Å². The molecule has 0 heterocycles. The molecule has 0 radical (unpaired) electrons. The standard InChI is InChI=1S/C12H18F3NO2/c1-8(12(13,14)15)11(17)18-7-10-4-2-9(6-16)3-5-10/h9-10H,1-7,16H2. The van der Waals surface area contributed by atoms with E-state index in [1.807, 2.05) is 0 Å². The SMILES string of the molecule is C=C(C(=O)OCC1CCC(CN)CC1)C(F)(F)F. The van der Waals surface area contributed by atoms with E-state index < -0.39 is 17.7 Å². The largest absolute Gasteiger partial charge is 0.462 e. The molecule has 1 fully saturated rings. The Bertz CT molecular complexity index is 307. The fourth-order valence-electron chi connectivity index (χ4n) is 2.03. The van der Waals surface area contributed by atoms with Gasteiger partial charge in [0, 0.05) is 0 Å². The van der Waals surface area contributed by atoms with Crippen LogP contribution in [0, 0.1) is 11.8 Å². The third-order valence-corrected chi connectivity index (χ3v) is 3.34. The normalized spacial score (nSPS) is 24.7. The van der Waals surface area contributed by atoms with Gasteiger partial charge in [-0.2, -0.15) is 13.2 Å². The van der Waals surface area contributed by atoms with Crippen LogP contribution in [-0.4, -0.2) is 25.3 Å². The van der Waals surface area contributed by atoms with Crippen molar-refractivity contribution in [2.75, 3.05) is 13.2 Å². The number of halogens is 3. The summed E-state index contributed by atoms with van der Waals surface area (Å²) < 4.78 is 41.1. The first-order chi connectivity index (χ1) is 8.34. The number of carbonyl (C=O) groups excluding carboxylic acids is 1. The Labute approximate surface area is 104 Å². The van der Waals surface area contributed by atoms with E-state index >= 15 is 0 Å². The zero-order chi connectivity index (χ0) is 13.8. The highest BCUT2D eigenvalue weighted by atomic mass is 19.4. The second-order valence-electron chi connectivity index (χ2n) is 4.70. The van der Waals surface area contributed by atoms with Crippen molar-refractivity contribution in [1.29, 1.82) is 0 Å². The Hall–Kier alpha value is -1.04. The molecule has 6 heteroatoms. The summed E-state index contributed by atoms with van der Waals surface area (Å²) in [5.74, 6) is -0.747. The van der Waals surface area contributed by atoms with Crippen LogP contribution in [0.15, 0.2) is 12.2 Å². The van der Waals surface area contributed by atoms with E-state index in [9.17, 15) is 18.0 Å². The summed E-state index contributed by atoms with van der Waals surface area (Å²) in [7, 11) is 0. The van der Waals surface area contributed by atoms with Gasteiger partial charge in [-0.3, -0.25) is 0 Å². The van der Waals surface area contributed by atoms with Crippen LogP contribution in [0.4, 0.5) is 13.2 Å². The second-order valence-corrected chi connectivity index (χ2v) is 4.70. The highest BCUT2D eigenvalue weighted by Gasteiger charge is 2.38. The molecule has 18 heavy (non-hydrogen) atoms. The lowest BCUT2D eigenvalue weighted by Crippen LogP contribution is -2.26. The lowest BCUT2D eigenvalue weighted by Gasteiger charge is -2.27. The second kappa shape index (κ2) is 6.22. The summed E-state index contributed by atoms with van der Waals surface area (Å²) in [4.78, 5) is 11.1. The Morgan fingerprint density at radius 1 is 1.22 bits per heavy atom. The van der Waals surface area contributed by atoms with Gasteiger partial charge in [-0.15, -0.1) is 0 Å². The lowest BCUT2D eigenvalue weighted by molar-refractivity contribution is -0.152. The molecule has 3 nitrogen and oxygen atoms in total. The number of hydrogen-bond acceptors (Lipinski definition) is 3. The molecule has 0 aromatic carbocycles. The van der Waals surface area contributed by atoms with Crippen molar-refractivity contribution in [1.82, 2.24) is 0 Å². The van der Waals surface area contributed by atoms with Crippen LogP contribution in [0.2, 0.25) is 0 Å². The van der Waals surface area contributed by atoms with Gasteiger partial charge in [-0.05, 0) is 44.1 Å². The molecule has 1 aliphatic carbocycles. The van der Waals surface area contributed by atoms with E-state index in [-0.39, 0.29) is 12.5 Å². The van der Waals surface area contributed by atoms with Gasteiger partial charge < -0.3 is 10.5 Å². The van der Waals surface area contributed by atoms with Crippen molar-refractivity contribution in [2.45, 2.75) is 31.9 Å². The molecule has 1 rings (SSSR count). The van der Waals surface area contributed by atoms with Gasteiger partial charge in [0.2, 0.25) is 0 Å². The van der Waals surface area contributed by atoms with E-state index in [1.54, 1.807) is 0 Å². The maximum atomic E-state index is 12.1. The summed E-state index contributed by atoms with van der Waals surface area (Å²) in [6, 6.07) is 0. The number of ether oxygens (including phenoxy) is 1. The van der Waals surface area contributed by atoms with Crippen LogP contribution < -0.4 is 5.73 Å².